The Kier molecular flexibility index (Phi) is 4.22. The Morgan fingerprint density at radius 1 is 1.27 bits per heavy atom. The van der Waals surface area contributed by atoms with E-state index in [1.807, 2.05) is 36.4 Å². The molecule has 1 aliphatic heterocycles. The molecule has 1 atom stereocenters. The van der Waals surface area contributed by atoms with Crippen LogP contribution in [0.25, 0.3) is 11.5 Å². The van der Waals surface area contributed by atoms with Gasteiger partial charge >= 0.3 is 0 Å². The number of carbonyl (C=O) groups is 1. The Morgan fingerprint density at radius 3 is 2.88 bits per heavy atom. The summed E-state index contributed by atoms with van der Waals surface area (Å²) in [6.07, 6.45) is 1.60. The molecule has 0 radical (unpaired) electrons. The zero-order chi connectivity index (χ0) is 18.1. The zero-order valence-corrected chi connectivity index (χ0v) is 14.6. The Labute approximate surface area is 150 Å². The van der Waals surface area contributed by atoms with E-state index in [1.165, 1.54) is 0 Å². The molecule has 7 heteroatoms. The van der Waals surface area contributed by atoms with Crippen molar-refractivity contribution in [3.8, 4) is 17.2 Å². The third-order valence-electron chi connectivity index (χ3n) is 4.57. The van der Waals surface area contributed by atoms with Crippen molar-refractivity contribution >= 4 is 5.91 Å². The third-order valence-corrected chi connectivity index (χ3v) is 4.57. The Bertz CT molecular complexity index is 917. The largest absolute Gasteiger partial charge is 0.497 e. The average molecular weight is 353 g/mol. The number of fused-ring (bicyclic) bond motifs is 1. The lowest BCUT2D eigenvalue weighted by Crippen LogP contribution is -2.32. The van der Waals surface area contributed by atoms with E-state index in [-0.39, 0.29) is 11.9 Å². The molecule has 7 nitrogen and oxygen atoms in total. The minimum Gasteiger partial charge on any atom is -0.497 e. The number of methoxy groups -OCH3 is 2. The molecule has 1 amide bonds. The molecule has 0 saturated carbocycles. The van der Waals surface area contributed by atoms with Gasteiger partial charge in [-0.3, -0.25) is 9.89 Å². The second kappa shape index (κ2) is 6.68. The molecule has 3 heterocycles. The van der Waals surface area contributed by atoms with Crippen LogP contribution in [0.15, 0.2) is 47.1 Å². The molecule has 0 fully saturated rings. The highest BCUT2D eigenvalue weighted by molar-refractivity contribution is 6.00. The first-order valence-corrected chi connectivity index (χ1v) is 8.30. The monoisotopic (exact) mass is 353 g/mol. The van der Waals surface area contributed by atoms with Gasteiger partial charge in [-0.15, -0.1) is 0 Å². The van der Waals surface area contributed by atoms with Crippen LogP contribution in [0.3, 0.4) is 0 Å². The molecular weight excluding hydrogens is 334 g/mol. The maximum absolute atomic E-state index is 12.9. The number of ether oxygens (including phenoxy) is 2. The number of rotatable bonds is 6. The van der Waals surface area contributed by atoms with Crippen molar-refractivity contribution in [3.05, 3.63) is 59.5 Å². The van der Waals surface area contributed by atoms with Gasteiger partial charge < -0.3 is 18.8 Å². The number of amides is 1. The number of carbonyl (C=O) groups excluding carboxylic acids is 1. The topological polar surface area (TPSA) is 80.6 Å². The van der Waals surface area contributed by atoms with E-state index in [9.17, 15) is 4.79 Å². The van der Waals surface area contributed by atoms with E-state index in [0.29, 0.717) is 30.3 Å². The molecule has 1 aliphatic rings. The molecule has 0 saturated heterocycles. The van der Waals surface area contributed by atoms with E-state index in [4.69, 9.17) is 13.9 Å². The molecule has 1 N–H and O–H groups in total. The van der Waals surface area contributed by atoms with Crippen LogP contribution in [0.4, 0.5) is 0 Å². The molecule has 3 aromatic rings. The van der Waals surface area contributed by atoms with Crippen molar-refractivity contribution in [3.63, 3.8) is 0 Å². The van der Waals surface area contributed by atoms with Crippen molar-refractivity contribution in [1.82, 2.24) is 15.1 Å². The van der Waals surface area contributed by atoms with E-state index < -0.39 is 0 Å². The smallest absolute Gasteiger partial charge is 0.275 e. The van der Waals surface area contributed by atoms with E-state index in [0.717, 1.165) is 16.9 Å². The number of aromatic amines is 1. The average Bonchev–Trinajstić information content (AvgIpc) is 3.38. The van der Waals surface area contributed by atoms with Gasteiger partial charge in [0, 0.05) is 19.2 Å². The van der Waals surface area contributed by atoms with Crippen molar-refractivity contribution in [2.75, 3.05) is 27.4 Å². The summed E-state index contributed by atoms with van der Waals surface area (Å²) in [6.45, 7) is 0.904. The lowest BCUT2D eigenvalue weighted by molar-refractivity contribution is 0.0677. The maximum Gasteiger partial charge on any atom is 0.275 e. The summed E-state index contributed by atoms with van der Waals surface area (Å²) in [6, 6.07) is 11.1. The Hall–Kier alpha value is -3.06. The number of benzene rings is 1. The summed E-state index contributed by atoms with van der Waals surface area (Å²) in [5.74, 6) is 1.25. The van der Waals surface area contributed by atoms with Crippen molar-refractivity contribution in [2.24, 2.45) is 0 Å². The van der Waals surface area contributed by atoms with Crippen LogP contribution in [0.2, 0.25) is 0 Å². The summed E-state index contributed by atoms with van der Waals surface area (Å²) in [4.78, 5) is 14.7. The fraction of sp³-hybridized carbons (Fsp3) is 0.263. The molecule has 0 spiro atoms. The number of furan rings is 1. The molecule has 26 heavy (non-hydrogen) atoms. The number of aromatic nitrogens is 2. The predicted molar refractivity (Wildman–Crippen MR) is 94.0 cm³/mol. The Morgan fingerprint density at radius 2 is 2.15 bits per heavy atom. The van der Waals surface area contributed by atoms with Gasteiger partial charge in [-0.25, -0.2) is 0 Å². The SMILES string of the molecule is COCCN1C(=O)c2n[nH]c(-c3ccco3)c2[C@H]1c1cccc(OC)c1. The fourth-order valence-electron chi connectivity index (χ4n) is 3.38. The number of nitrogens with one attached hydrogen (secondary N) is 1. The molecule has 0 bridgehead atoms. The van der Waals surface area contributed by atoms with Gasteiger partial charge in [-0.1, -0.05) is 12.1 Å². The first-order valence-electron chi connectivity index (χ1n) is 8.30. The molecule has 134 valence electrons. The lowest BCUT2D eigenvalue weighted by Gasteiger charge is -2.26. The summed E-state index contributed by atoms with van der Waals surface area (Å²) in [7, 11) is 3.24. The zero-order valence-electron chi connectivity index (χ0n) is 14.6. The van der Waals surface area contributed by atoms with Crippen LogP contribution in [0, 0.1) is 0 Å². The van der Waals surface area contributed by atoms with Crippen molar-refractivity contribution in [1.29, 1.82) is 0 Å². The van der Waals surface area contributed by atoms with Crippen LogP contribution < -0.4 is 4.74 Å². The maximum atomic E-state index is 12.9. The van der Waals surface area contributed by atoms with Crippen LogP contribution in [0.1, 0.15) is 27.7 Å². The minimum atomic E-state index is -0.290. The highest BCUT2D eigenvalue weighted by atomic mass is 16.5. The first kappa shape index (κ1) is 16.4. The molecule has 1 aromatic carbocycles. The van der Waals surface area contributed by atoms with Gasteiger partial charge in [0.25, 0.3) is 5.91 Å². The van der Waals surface area contributed by atoms with Gasteiger partial charge in [-0.05, 0) is 29.8 Å². The van der Waals surface area contributed by atoms with Crippen LogP contribution in [0.5, 0.6) is 5.75 Å². The van der Waals surface area contributed by atoms with Crippen molar-refractivity contribution in [2.45, 2.75) is 6.04 Å². The molecule has 0 unspecified atom stereocenters. The first-order chi connectivity index (χ1) is 12.7. The van der Waals surface area contributed by atoms with Crippen LogP contribution >= 0.6 is 0 Å². The van der Waals surface area contributed by atoms with E-state index in [2.05, 4.69) is 10.2 Å². The van der Waals surface area contributed by atoms with Gasteiger partial charge in [0.2, 0.25) is 0 Å². The molecule has 4 rings (SSSR count). The summed E-state index contributed by atoms with van der Waals surface area (Å²) in [5.41, 5.74) is 2.89. The standard InChI is InChI=1S/C19H19N3O4/c1-24-10-8-22-18(12-5-3-6-13(11-12)25-2)15-16(14-7-4-9-26-14)20-21-17(15)19(22)23/h3-7,9,11,18H,8,10H2,1-2H3,(H,20,21)/t18-/m1/s1. The van der Waals surface area contributed by atoms with Gasteiger partial charge in [0.05, 0.1) is 26.0 Å². The second-order valence-corrected chi connectivity index (χ2v) is 6.01. The fourth-order valence-corrected chi connectivity index (χ4v) is 3.38. The van der Waals surface area contributed by atoms with Gasteiger partial charge in [-0.2, -0.15) is 5.10 Å². The number of H-pyrrole nitrogens is 1. The molecular formula is C19H19N3O4. The molecule has 2 aromatic heterocycles. The van der Waals surface area contributed by atoms with Gasteiger partial charge in [0.15, 0.2) is 11.5 Å². The van der Waals surface area contributed by atoms with E-state index >= 15 is 0 Å². The summed E-state index contributed by atoms with van der Waals surface area (Å²) in [5, 5.41) is 7.22. The van der Waals surface area contributed by atoms with Gasteiger partial charge in [0.1, 0.15) is 11.4 Å². The lowest BCUT2D eigenvalue weighted by atomic mass is 9.98. The highest BCUT2D eigenvalue weighted by Crippen LogP contribution is 2.43. The quantitative estimate of drug-likeness (QED) is 0.737. The van der Waals surface area contributed by atoms with Crippen LogP contribution in [-0.2, 0) is 4.74 Å². The van der Waals surface area contributed by atoms with Crippen molar-refractivity contribution < 1.29 is 18.7 Å². The normalized spacial score (nSPS) is 16.2. The number of hydrogen-bond acceptors (Lipinski definition) is 5. The summed E-state index contributed by atoms with van der Waals surface area (Å²) < 4.78 is 16.1. The summed E-state index contributed by atoms with van der Waals surface area (Å²) >= 11 is 0. The van der Waals surface area contributed by atoms with E-state index in [1.54, 1.807) is 25.4 Å². The predicted octanol–water partition coefficient (Wildman–Crippen LogP) is 2.87. The number of hydrogen-bond donors (Lipinski definition) is 1. The van der Waals surface area contributed by atoms with Crippen LogP contribution in [-0.4, -0.2) is 48.4 Å². The third kappa shape index (κ3) is 2.57. The second-order valence-electron chi connectivity index (χ2n) is 6.01. The number of nitrogens with zero attached hydrogens (tertiary/aromatic N) is 2. The highest BCUT2D eigenvalue weighted by Gasteiger charge is 2.42. The Balaban J connectivity index is 1.85. The molecule has 0 aliphatic carbocycles. The minimum absolute atomic E-state index is 0.126.